The van der Waals surface area contributed by atoms with Crippen molar-refractivity contribution in [3.8, 4) is 0 Å². The minimum absolute atomic E-state index is 0.226. The van der Waals surface area contributed by atoms with Crippen LogP contribution in [0.5, 0.6) is 0 Å². The van der Waals surface area contributed by atoms with Crippen LogP contribution in [0.2, 0.25) is 5.02 Å². The van der Waals surface area contributed by atoms with Crippen LogP contribution in [-0.2, 0) is 17.9 Å². The highest BCUT2D eigenvalue weighted by Crippen LogP contribution is 2.30. The summed E-state index contributed by atoms with van der Waals surface area (Å²) in [7, 11) is 0. The van der Waals surface area contributed by atoms with E-state index < -0.39 is 6.35 Å². The molecule has 4 rings (SSSR count). The molecule has 29 heavy (non-hydrogen) atoms. The van der Waals surface area contributed by atoms with E-state index in [1.165, 1.54) is 4.90 Å². The average Bonchev–Trinajstić information content (AvgIpc) is 2.75. The molecule has 0 saturated heterocycles. The Morgan fingerprint density at radius 3 is 1.83 bits per heavy atom. The number of halogens is 1. The van der Waals surface area contributed by atoms with Gasteiger partial charge in [0, 0.05) is 17.6 Å². The van der Waals surface area contributed by atoms with Gasteiger partial charge < -0.3 is 10.0 Å². The normalized spacial score (nSPS) is 16.7. The molecule has 0 spiro atoms. The lowest BCUT2D eigenvalue weighted by molar-refractivity contribution is -0.153. The molecule has 1 amide bonds. The molecule has 146 valence electrons. The van der Waals surface area contributed by atoms with Gasteiger partial charge in [0.05, 0.1) is 12.2 Å². The first-order valence-electron chi connectivity index (χ1n) is 9.42. The molecule has 5 heteroatoms. The monoisotopic (exact) mass is 404 g/mol. The van der Waals surface area contributed by atoms with E-state index in [0.717, 1.165) is 16.7 Å². The Morgan fingerprint density at radius 1 is 0.759 bits per heavy atom. The number of rotatable bonds is 5. The molecule has 0 aliphatic carbocycles. The van der Waals surface area contributed by atoms with Crippen molar-refractivity contribution in [3.05, 3.63) is 113 Å². The van der Waals surface area contributed by atoms with Crippen LogP contribution in [0.25, 0.3) is 5.70 Å². The summed E-state index contributed by atoms with van der Waals surface area (Å²) in [6, 6.07) is 26.8. The summed E-state index contributed by atoms with van der Waals surface area (Å²) in [6.07, 6.45) is 0.501. The SMILES string of the molecule is O=C1C=C(c2ccc(Cl)cc2)N(Cc2ccccc2)C(O)N1Cc1ccccc1. The molecular formula is C24H21ClN2O2. The predicted octanol–water partition coefficient (Wildman–Crippen LogP) is 4.50. The van der Waals surface area contributed by atoms with Crippen LogP contribution < -0.4 is 0 Å². The van der Waals surface area contributed by atoms with Crippen LogP contribution in [0.4, 0.5) is 0 Å². The van der Waals surface area contributed by atoms with Crippen LogP contribution in [0.3, 0.4) is 0 Å². The molecule has 0 radical (unpaired) electrons. The predicted molar refractivity (Wildman–Crippen MR) is 114 cm³/mol. The summed E-state index contributed by atoms with van der Waals surface area (Å²) in [5.74, 6) is -0.226. The Bertz CT molecular complexity index is 1000. The molecule has 0 saturated carbocycles. The largest absolute Gasteiger partial charge is 0.356 e. The van der Waals surface area contributed by atoms with Crippen LogP contribution in [0, 0.1) is 0 Å². The molecule has 1 unspecified atom stereocenters. The van der Waals surface area contributed by atoms with Gasteiger partial charge in [0.25, 0.3) is 5.91 Å². The minimum atomic E-state index is -1.08. The molecule has 3 aromatic carbocycles. The van der Waals surface area contributed by atoms with Crippen molar-refractivity contribution in [1.29, 1.82) is 0 Å². The second kappa shape index (κ2) is 8.52. The standard InChI is InChI=1S/C24H21ClN2O2/c25-21-13-11-20(12-14-21)22-15-23(28)27(17-19-9-5-2-6-10-19)24(29)26(22)16-18-7-3-1-4-8-18/h1-15,24,29H,16-17H2. The number of aliphatic hydroxyl groups is 1. The maximum atomic E-state index is 12.9. The van der Waals surface area contributed by atoms with E-state index >= 15 is 0 Å². The van der Waals surface area contributed by atoms with Crippen molar-refractivity contribution in [1.82, 2.24) is 9.80 Å². The second-order valence-electron chi connectivity index (χ2n) is 6.95. The Balaban J connectivity index is 1.70. The van der Waals surface area contributed by atoms with Crippen molar-refractivity contribution >= 4 is 23.2 Å². The van der Waals surface area contributed by atoms with Crippen molar-refractivity contribution in [2.24, 2.45) is 0 Å². The highest BCUT2D eigenvalue weighted by atomic mass is 35.5. The molecule has 0 aromatic heterocycles. The topological polar surface area (TPSA) is 43.8 Å². The minimum Gasteiger partial charge on any atom is -0.356 e. The summed E-state index contributed by atoms with van der Waals surface area (Å²) in [4.78, 5) is 16.2. The molecule has 4 nitrogen and oxygen atoms in total. The van der Waals surface area contributed by atoms with Crippen molar-refractivity contribution in [3.63, 3.8) is 0 Å². The Labute approximate surface area is 175 Å². The van der Waals surface area contributed by atoms with E-state index in [-0.39, 0.29) is 5.91 Å². The molecule has 0 bridgehead atoms. The van der Waals surface area contributed by atoms with Gasteiger partial charge in [0.1, 0.15) is 0 Å². The molecule has 1 heterocycles. The van der Waals surface area contributed by atoms with E-state index in [2.05, 4.69) is 0 Å². The molecule has 1 aliphatic heterocycles. The summed E-state index contributed by atoms with van der Waals surface area (Å²) in [5.41, 5.74) is 3.51. The number of aliphatic hydroxyl groups excluding tert-OH is 1. The van der Waals surface area contributed by atoms with Gasteiger partial charge in [-0.1, -0.05) is 84.4 Å². The van der Waals surface area contributed by atoms with Gasteiger partial charge in [-0.25, -0.2) is 0 Å². The third-order valence-electron chi connectivity index (χ3n) is 4.94. The summed E-state index contributed by atoms with van der Waals surface area (Å²) in [5, 5.41) is 11.8. The maximum absolute atomic E-state index is 12.9. The average molecular weight is 405 g/mol. The zero-order valence-corrected chi connectivity index (χ0v) is 16.5. The van der Waals surface area contributed by atoms with E-state index in [0.29, 0.717) is 23.8 Å². The Hall–Kier alpha value is -3.08. The fourth-order valence-corrected chi connectivity index (χ4v) is 3.57. The maximum Gasteiger partial charge on any atom is 0.252 e. The highest BCUT2D eigenvalue weighted by Gasteiger charge is 2.33. The number of hydrogen-bond acceptors (Lipinski definition) is 3. The van der Waals surface area contributed by atoms with Crippen molar-refractivity contribution < 1.29 is 9.90 Å². The van der Waals surface area contributed by atoms with Gasteiger partial charge in [-0.3, -0.25) is 9.69 Å². The zero-order valence-electron chi connectivity index (χ0n) is 15.8. The first-order valence-corrected chi connectivity index (χ1v) is 9.80. The number of amides is 1. The van der Waals surface area contributed by atoms with Gasteiger partial charge in [-0.05, 0) is 28.8 Å². The summed E-state index contributed by atoms with van der Waals surface area (Å²) < 4.78 is 0. The van der Waals surface area contributed by atoms with Crippen LogP contribution in [0.15, 0.2) is 91.0 Å². The van der Waals surface area contributed by atoms with Gasteiger partial charge in [0.15, 0.2) is 0 Å². The van der Waals surface area contributed by atoms with Crippen LogP contribution in [-0.4, -0.2) is 27.2 Å². The molecule has 0 fully saturated rings. The lowest BCUT2D eigenvalue weighted by Crippen LogP contribution is -2.52. The number of benzene rings is 3. The van der Waals surface area contributed by atoms with E-state index in [1.54, 1.807) is 18.2 Å². The van der Waals surface area contributed by atoms with Crippen molar-refractivity contribution in [2.75, 3.05) is 0 Å². The van der Waals surface area contributed by atoms with Crippen molar-refractivity contribution in [2.45, 2.75) is 19.4 Å². The lowest BCUT2D eigenvalue weighted by atomic mass is 10.1. The van der Waals surface area contributed by atoms with Crippen LogP contribution >= 0.6 is 11.6 Å². The van der Waals surface area contributed by atoms with Gasteiger partial charge in [0.2, 0.25) is 6.35 Å². The van der Waals surface area contributed by atoms with Crippen LogP contribution in [0.1, 0.15) is 16.7 Å². The first kappa shape index (κ1) is 19.2. The number of nitrogens with zero attached hydrogens (tertiary/aromatic N) is 2. The number of hydrogen-bond donors (Lipinski definition) is 1. The fraction of sp³-hybridized carbons (Fsp3) is 0.125. The molecule has 1 N–H and O–H groups in total. The molecule has 3 aromatic rings. The van der Waals surface area contributed by atoms with Gasteiger partial charge >= 0.3 is 0 Å². The van der Waals surface area contributed by atoms with E-state index in [1.807, 2.05) is 77.7 Å². The van der Waals surface area contributed by atoms with Gasteiger partial charge in [-0.2, -0.15) is 0 Å². The lowest BCUT2D eigenvalue weighted by Gasteiger charge is -2.42. The third kappa shape index (κ3) is 4.34. The number of carbonyl (C=O) groups excluding carboxylic acids is 1. The number of carbonyl (C=O) groups is 1. The fourth-order valence-electron chi connectivity index (χ4n) is 3.45. The van der Waals surface area contributed by atoms with Gasteiger partial charge in [-0.15, -0.1) is 0 Å². The molecular weight excluding hydrogens is 384 g/mol. The smallest absolute Gasteiger partial charge is 0.252 e. The second-order valence-corrected chi connectivity index (χ2v) is 7.38. The molecule has 1 aliphatic rings. The summed E-state index contributed by atoms with van der Waals surface area (Å²) in [6.45, 7) is 0.797. The Morgan fingerprint density at radius 2 is 1.28 bits per heavy atom. The highest BCUT2D eigenvalue weighted by molar-refractivity contribution is 6.30. The Kier molecular flexibility index (Phi) is 5.65. The van der Waals surface area contributed by atoms with E-state index in [4.69, 9.17) is 11.6 Å². The first-order chi connectivity index (χ1) is 14.1. The molecule has 1 atom stereocenters. The summed E-state index contributed by atoms with van der Waals surface area (Å²) >= 11 is 6.03. The third-order valence-corrected chi connectivity index (χ3v) is 5.19. The van der Waals surface area contributed by atoms with E-state index in [9.17, 15) is 9.90 Å². The zero-order chi connectivity index (χ0) is 20.2. The quantitative estimate of drug-likeness (QED) is 0.680.